The number of nitrogens with zero attached hydrogens (tertiary/aromatic N) is 1. The average molecular weight is 321 g/mol. The van der Waals surface area contributed by atoms with E-state index in [9.17, 15) is 4.79 Å². The van der Waals surface area contributed by atoms with Gasteiger partial charge < -0.3 is 9.64 Å². The summed E-state index contributed by atoms with van der Waals surface area (Å²) in [6.45, 7) is 1.60. The monoisotopic (exact) mass is 320 g/mol. The van der Waals surface area contributed by atoms with E-state index in [1.54, 1.807) is 0 Å². The summed E-state index contributed by atoms with van der Waals surface area (Å²) in [7, 11) is 5.40. The Bertz CT molecular complexity index is 368. The number of methoxy groups -OCH3 is 1. The maximum Gasteiger partial charge on any atom is 0.328 e. The molecule has 0 bridgehead atoms. The fourth-order valence-corrected chi connectivity index (χ4v) is 3.01. The summed E-state index contributed by atoms with van der Waals surface area (Å²) in [5.74, 6) is -0.257. The number of nitrogens with one attached hydrogen (secondary N) is 1. The predicted molar refractivity (Wildman–Crippen MR) is 73.3 cm³/mol. The highest BCUT2D eigenvalue weighted by atomic mass is 79.9. The van der Waals surface area contributed by atoms with E-state index < -0.39 is 6.04 Å². The van der Waals surface area contributed by atoms with Crippen molar-refractivity contribution in [2.75, 3.05) is 34.3 Å². The molecule has 1 heterocycles. The summed E-state index contributed by atoms with van der Waals surface area (Å²) in [6.07, 6.45) is 0. The van der Waals surface area contributed by atoms with Gasteiger partial charge in [-0.15, -0.1) is 11.3 Å². The average Bonchev–Trinajstić information content (AvgIpc) is 2.69. The van der Waals surface area contributed by atoms with E-state index >= 15 is 0 Å². The van der Waals surface area contributed by atoms with E-state index in [1.165, 1.54) is 18.4 Å². The molecular weight excluding hydrogens is 304 g/mol. The van der Waals surface area contributed by atoms with Crippen molar-refractivity contribution in [3.05, 3.63) is 20.8 Å². The molecule has 1 aromatic rings. The summed E-state index contributed by atoms with van der Waals surface area (Å²) in [5, 5.41) is 5.16. The normalized spacial score (nSPS) is 12.8. The first kappa shape index (κ1) is 14.6. The van der Waals surface area contributed by atoms with Crippen molar-refractivity contribution in [3.8, 4) is 0 Å². The summed E-state index contributed by atoms with van der Waals surface area (Å²) in [6, 6.07) is 1.54. The first-order valence-electron chi connectivity index (χ1n) is 5.25. The lowest BCUT2D eigenvalue weighted by Crippen LogP contribution is -2.34. The Kier molecular flexibility index (Phi) is 6.11. The fourth-order valence-electron chi connectivity index (χ4n) is 1.34. The Hall–Kier alpha value is -0.430. The van der Waals surface area contributed by atoms with Crippen molar-refractivity contribution in [2.24, 2.45) is 0 Å². The van der Waals surface area contributed by atoms with Crippen LogP contribution in [0.3, 0.4) is 0 Å². The molecule has 1 rings (SSSR count). The number of carbonyl (C=O) groups is 1. The molecule has 0 aromatic carbocycles. The molecule has 1 N–H and O–H groups in total. The van der Waals surface area contributed by atoms with Gasteiger partial charge in [0.2, 0.25) is 0 Å². The van der Waals surface area contributed by atoms with Crippen LogP contribution in [0.25, 0.3) is 0 Å². The lowest BCUT2D eigenvalue weighted by Gasteiger charge is -2.17. The molecule has 0 aliphatic carbocycles. The van der Waals surface area contributed by atoms with E-state index in [0.717, 1.165) is 22.4 Å². The Morgan fingerprint density at radius 1 is 1.65 bits per heavy atom. The molecule has 17 heavy (non-hydrogen) atoms. The molecular formula is C11H17BrN2O2S. The third kappa shape index (κ3) is 4.39. The van der Waals surface area contributed by atoms with E-state index in [4.69, 9.17) is 4.74 Å². The van der Waals surface area contributed by atoms with Crippen LogP contribution in [0.5, 0.6) is 0 Å². The number of halogens is 1. The molecule has 96 valence electrons. The maximum absolute atomic E-state index is 11.7. The molecule has 0 aliphatic heterocycles. The van der Waals surface area contributed by atoms with Gasteiger partial charge in [0, 0.05) is 22.4 Å². The highest BCUT2D eigenvalue weighted by Crippen LogP contribution is 2.29. The number of hydrogen-bond acceptors (Lipinski definition) is 5. The van der Waals surface area contributed by atoms with Gasteiger partial charge in [-0.3, -0.25) is 5.32 Å². The Labute approximate surface area is 114 Å². The fraction of sp³-hybridized carbons (Fsp3) is 0.545. The predicted octanol–water partition coefficient (Wildman–Crippen LogP) is 1.88. The molecule has 0 spiro atoms. The van der Waals surface area contributed by atoms with Crippen LogP contribution in [0.1, 0.15) is 10.9 Å². The molecule has 0 aliphatic rings. The third-order valence-electron chi connectivity index (χ3n) is 2.25. The Balaban J connectivity index is 2.68. The quantitative estimate of drug-likeness (QED) is 0.813. The van der Waals surface area contributed by atoms with Crippen LogP contribution >= 0.6 is 27.3 Å². The number of hydrogen-bond donors (Lipinski definition) is 1. The third-order valence-corrected chi connectivity index (χ3v) is 4.19. The van der Waals surface area contributed by atoms with E-state index in [2.05, 4.69) is 26.1 Å². The molecule has 4 nitrogen and oxygen atoms in total. The molecule has 0 saturated carbocycles. The van der Waals surface area contributed by atoms with Gasteiger partial charge in [-0.2, -0.15) is 0 Å². The van der Waals surface area contributed by atoms with Gasteiger partial charge in [0.05, 0.1) is 7.11 Å². The van der Waals surface area contributed by atoms with Crippen LogP contribution in [0.4, 0.5) is 0 Å². The zero-order chi connectivity index (χ0) is 12.8. The smallest absolute Gasteiger partial charge is 0.328 e. The number of thiophene rings is 1. The summed E-state index contributed by atoms with van der Waals surface area (Å²) >= 11 is 4.97. The maximum atomic E-state index is 11.7. The van der Waals surface area contributed by atoms with Crippen LogP contribution in [0.2, 0.25) is 0 Å². The van der Waals surface area contributed by atoms with Crippen LogP contribution in [-0.4, -0.2) is 45.2 Å². The van der Waals surface area contributed by atoms with Crippen LogP contribution in [-0.2, 0) is 9.53 Å². The summed E-state index contributed by atoms with van der Waals surface area (Å²) in [4.78, 5) is 14.7. The van der Waals surface area contributed by atoms with E-state index in [0.29, 0.717) is 0 Å². The standard InChI is InChI=1S/C11H17BrN2O2S/c1-14(2)6-5-13-9(11(15)16-3)10-8(12)4-7-17-10/h4,7,9,13H,5-6H2,1-3H3. The van der Waals surface area contributed by atoms with Crippen molar-refractivity contribution >= 4 is 33.2 Å². The highest BCUT2D eigenvalue weighted by Gasteiger charge is 2.24. The minimum Gasteiger partial charge on any atom is -0.468 e. The summed E-state index contributed by atoms with van der Waals surface area (Å²) in [5.41, 5.74) is 0. The minimum absolute atomic E-state index is 0.257. The Morgan fingerprint density at radius 2 is 2.35 bits per heavy atom. The van der Waals surface area contributed by atoms with Crippen molar-refractivity contribution in [1.82, 2.24) is 10.2 Å². The number of carbonyl (C=O) groups excluding carboxylic acids is 1. The van der Waals surface area contributed by atoms with Crippen molar-refractivity contribution in [3.63, 3.8) is 0 Å². The summed E-state index contributed by atoms with van der Waals surface area (Å²) < 4.78 is 5.76. The number of esters is 1. The van der Waals surface area contributed by atoms with Crippen molar-refractivity contribution in [1.29, 1.82) is 0 Å². The largest absolute Gasteiger partial charge is 0.468 e. The molecule has 6 heteroatoms. The minimum atomic E-state index is -0.394. The van der Waals surface area contributed by atoms with Gasteiger partial charge in [0.25, 0.3) is 0 Å². The number of rotatable bonds is 6. The molecule has 1 unspecified atom stereocenters. The highest BCUT2D eigenvalue weighted by molar-refractivity contribution is 9.10. The van der Waals surface area contributed by atoms with Gasteiger partial charge in [0.1, 0.15) is 6.04 Å². The zero-order valence-electron chi connectivity index (χ0n) is 10.2. The van der Waals surface area contributed by atoms with E-state index in [-0.39, 0.29) is 5.97 Å². The molecule has 0 radical (unpaired) electrons. The second-order valence-electron chi connectivity index (χ2n) is 3.85. The van der Waals surface area contributed by atoms with E-state index in [1.807, 2.05) is 25.5 Å². The first-order valence-corrected chi connectivity index (χ1v) is 6.92. The molecule has 0 amide bonds. The molecule has 0 saturated heterocycles. The van der Waals surface area contributed by atoms with Gasteiger partial charge >= 0.3 is 5.97 Å². The number of likely N-dealkylation sites (N-methyl/N-ethyl adjacent to an activating group) is 1. The van der Waals surface area contributed by atoms with Gasteiger partial charge in [0.15, 0.2) is 0 Å². The second kappa shape index (κ2) is 7.10. The Morgan fingerprint density at radius 3 is 2.82 bits per heavy atom. The first-order chi connectivity index (χ1) is 8.06. The van der Waals surface area contributed by atoms with Gasteiger partial charge in [-0.25, -0.2) is 4.79 Å². The second-order valence-corrected chi connectivity index (χ2v) is 5.65. The molecule has 1 atom stereocenters. The van der Waals surface area contributed by atoms with Gasteiger partial charge in [-0.1, -0.05) is 0 Å². The lowest BCUT2D eigenvalue weighted by atomic mass is 10.2. The van der Waals surface area contributed by atoms with Crippen molar-refractivity contribution in [2.45, 2.75) is 6.04 Å². The van der Waals surface area contributed by atoms with Crippen molar-refractivity contribution < 1.29 is 9.53 Å². The molecule has 0 fully saturated rings. The number of ether oxygens (including phenoxy) is 1. The van der Waals surface area contributed by atoms with Crippen LogP contribution in [0, 0.1) is 0 Å². The van der Waals surface area contributed by atoms with Crippen LogP contribution in [0.15, 0.2) is 15.9 Å². The lowest BCUT2D eigenvalue weighted by molar-refractivity contribution is -0.143. The zero-order valence-corrected chi connectivity index (χ0v) is 12.6. The van der Waals surface area contributed by atoms with Crippen LogP contribution < -0.4 is 5.32 Å². The topological polar surface area (TPSA) is 41.6 Å². The molecule has 1 aromatic heterocycles. The van der Waals surface area contributed by atoms with Gasteiger partial charge in [-0.05, 0) is 41.5 Å². The SMILES string of the molecule is COC(=O)C(NCCN(C)C)c1sccc1Br.